The van der Waals surface area contributed by atoms with Crippen molar-refractivity contribution >= 4 is 17.2 Å². The summed E-state index contributed by atoms with van der Waals surface area (Å²) in [4.78, 5) is 13.4. The summed E-state index contributed by atoms with van der Waals surface area (Å²) >= 11 is 1.72. The standard InChI is InChI=1S/C16H19NO2S/c1-4-19-15-7-5-6-13(8-15)16(18)17-9-14-10-20-12(3)11(14)2/h5-8,10H,4,9H2,1-3H3,(H,17,18). The van der Waals surface area contributed by atoms with E-state index in [1.165, 1.54) is 16.0 Å². The Bertz CT molecular complexity index is 604. The molecule has 3 nitrogen and oxygen atoms in total. The van der Waals surface area contributed by atoms with Gasteiger partial charge in [0.25, 0.3) is 5.91 Å². The number of hydrogen-bond acceptors (Lipinski definition) is 3. The van der Waals surface area contributed by atoms with Crippen LogP contribution in [0.5, 0.6) is 5.75 Å². The highest BCUT2D eigenvalue weighted by atomic mass is 32.1. The van der Waals surface area contributed by atoms with E-state index in [2.05, 4.69) is 24.5 Å². The van der Waals surface area contributed by atoms with Gasteiger partial charge in [0.1, 0.15) is 5.75 Å². The Kier molecular flexibility index (Phi) is 4.79. The Labute approximate surface area is 123 Å². The zero-order chi connectivity index (χ0) is 14.5. The number of rotatable bonds is 5. The predicted octanol–water partition coefficient (Wildman–Crippen LogP) is 3.69. The van der Waals surface area contributed by atoms with Crippen LogP contribution in [0.2, 0.25) is 0 Å². The van der Waals surface area contributed by atoms with Crippen molar-refractivity contribution < 1.29 is 9.53 Å². The van der Waals surface area contributed by atoms with Crippen molar-refractivity contribution in [1.82, 2.24) is 5.32 Å². The van der Waals surface area contributed by atoms with E-state index < -0.39 is 0 Å². The molecule has 0 atom stereocenters. The van der Waals surface area contributed by atoms with E-state index >= 15 is 0 Å². The zero-order valence-electron chi connectivity index (χ0n) is 12.0. The van der Waals surface area contributed by atoms with Gasteiger partial charge in [-0.15, -0.1) is 11.3 Å². The number of hydrogen-bond donors (Lipinski definition) is 1. The van der Waals surface area contributed by atoms with Crippen LogP contribution < -0.4 is 10.1 Å². The molecule has 1 heterocycles. The fourth-order valence-corrected chi connectivity index (χ4v) is 2.80. The first kappa shape index (κ1) is 14.6. The van der Waals surface area contributed by atoms with Crippen molar-refractivity contribution in [1.29, 1.82) is 0 Å². The van der Waals surface area contributed by atoms with Crippen LogP contribution in [0.3, 0.4) is 0 Å². The van der Waals surface area contributed by atoms with E-state index in [1.807, 2.05) is 19.1 Å². The Morgan fingerprint density at radius 2 is 2.15 bits per heavy atom. The van der Waals surface area contributed by atoms with Gasteiger partial charge in [-0.05, 0) is 55.5 Å². The topological polar surface area (TPSA) is 38.3 Å². The molecule has 0 bridgehead atoms. The normalized spacial score (nSPS) is 10.3. The van der Waals surface area contributed by atoms with E-state index in [-0.39, 0.29) is 5.91 Å². The van der Waals surface area contributed by atoms with E-state index in [0.717, 1.165) is 5.75 Å². The number of ether oxygens (including phenoxy) is 1. The lowest BCUT2D eigenvalue weighted by atomic mass is 10.1. The molecule has 1 N–H and O–H groups in total. The van der Waals surface area contributed by atoms with Gasteiger partial charge in [0, 0.05) is 17.0 Å². The fourth-order valence-electron chi connectivity index (χ4n) is 1.91. The molecule has 0 unspecified atom stereocenters. The Hall–Kier alpha value is -1.81. The second-order valence-electron chi connectivity index (χ2n) is 4.59. The minimum Gasteiger partial charge on any atom is -0.494 e. The van der Waals surface area contributed by atoms with Crippen LogP contribution in [-0.2, 0) is 6.54 Å². The lowest BCUT2D eigenvalue weighted by Crippen LogP contribution is -2.22. The molecule has 106 valence electrons. The Morgan fingerprint density at radius 1 is 1.35 bits per heavy atom. The van der Waals surface area contributed by atoms with Crippen LogP contribution in [0.15, 0.2) is 29.6 Å². The number of thiophene rings is 1. The maximum Gasteiger partial charge on any atom is 0.251 e. The van der Waals surface area contributed by atoms with Gasteiger partial charge in [-0.25, -0.2) is 0 Å². The van der Waals surface area contributed by atoms with E-state index in [9.17, 15) is 4.79 Å². The van der Waals surface area contributed by atoms with Crippen molar-refractivity contribution in [3.05, 3.63) is 51.2 Å². The van der Waals surface area contributed by atoms with E-state index in [4.69, 9.17) is 4.74 Å². The van der Waals surface area contributed by atoms with Crippen LogP contribution in [0.25, 0.3) is 0 Å². The lowest BCUT2D eigenvalue weighted by Gasteiger charge is -2.07. The molecule has 1 amide bonds. The Balaban J connectivity index is 2.01. The maximum atomic E-state index is 12.1. The second-order valence-corrected chi connectivity index (χ2v) is 5.67. The average molecular weight is 289 g/mol. The quantitative estimate of drug-likeness (QED) is 0.911. The number of nitrogens with one attached hydrogen (secondary N) is 1. The van der Waals surface area contributed by atoms with Crippen molar-refractivity contribution in [2.24, 2.45) is 0 Å². The first-order chi connectivity index (χ1) is 9.61. The maximum absolute atomic E-state index is 12.1. The molecule has 0 aliphatic carbocycles. The third-order valence-corrected chi connectivity index (χ3v) is 4.30. The van der Waals surface area contributed by atoms with Gasteiger partial charge in [0.05, 0.1) is 6.61 Å². The molecule has 0 aliphatic rings. The minimum absolute atomic E-state index is 0.0743. The summed E-state index contributed by atoms with van der Waals surface area (Å²) in [5.74, 6) is 0.650. The van der Waals surface area contributed by atoms with E-state index in [0.29, 0.717) is 18.7 Å². The van der Waals surface area contributed by atoms with E-state index in [1.54, 1.807) is 23.5 Å². The number of benzene rings is 1. The molecule has 0 saturated carbocycles. The summed E-state index contributed by atoms with van der Waals surface area (Å²) < 4.78 is 5.40. The minimum atomic E-state index is -0.0743. The molecule has 0 radical (unpaired) electrons. The molecule has 0 spiro atoms. The molecule has 0 saturated heterocycles. The summed E-state index contributed by atoms with van der Waals surface area (Å²) in [6.07, 6.45) is 0. The van der Waals surface area contributed by atoms with Crippen molar-refractivity contribution in [3.63, 3.8) is 0 Å². The molecule has 1 aromatic carbocycles. The molecular formula is C16H19NO2S. The Morgan fingerprint density at radius 3 is 2.80 bits per heavy atom. The third-order valence-electron chi connectivity index (χ3n) is 3.23. The number of carbonyl (C=O) groups is 1. The first-order valence-electron chi connectivity index (χ1n) is 6.66. The highest BCUT2D eigenvalue weighted by molar-refractivity contribution is 7.10. The number of carbonyl (C=O) groups excluding carboxylic acids is 1. The van der Waals surface area contributed by atoms with Crippen molar-refractivity contribution in [2.45, 2.75) is 27.3 Å². The van der Waals surface area contributed by atoms with Gasteiger partial charge in [0.2, 0.25) is 0 Å². The van der Waals surface area contributed by atoms with Crippen molar-refractivity contribution in [3.8, 4) is 5.75 Å². The van der Waals surface area contributed by atoms with Crippen LogP contribution in [0.4, 0.5) is 0 Å². The SMILES string of the molecule is CCOc1cccc(C(=O)NCc2csc(C)c2C)c1. The summed E-state index contributed by atoms with van der Waals surface area (Å²) in [5.41, 5.74) is 3.07. The molecule has 2 aromatic rings. The zero-order valence-corrected chi connectivity index (χ0v) is 12.8. The summed E-state index contributed by atoms with van der Waals surface area (Å²) in [6.45, 7) is 7.26. The van der Waals surface area contributed by atoms with Crippen LogP contribution in [0.1, 0.15) is 33.3 Å². The summed E-state index contributed by atoms with van der Waals surface area (Å²) in [7, 11) is 0. The third kappa shape index (κ3) is 3.39. The fraction of sp³-hybridized carbons (Fsp3) is 0.312. The smallest absolute Gasteiger partial charge is 0.251 e. The van der Waals surface area contributed by atoms with Gasteiger partial charge in [-0.3, -0.25) is 4.79 Å². The molecule has 2 rings (SSSR count). The highest BCUT2D eigenvalue weighted by Gasteiger charge is 2.09. The largest absolute Gasteiger partial charge is 0.494 e. The van der Waals surface area contributed by atoms with Crippen LogP contribution in [0, 0.1) is 13.8 Å². The molecular weight excluding hydrogens is 270 g/mol. The average Bonchev–Trinajstić information content (AvgIpc) is 2.77. The second kappa shape index (κ2) is 6.57. The van der Waals surface area contributed by atoms with Crippen molar-refractivity contribution in [2.75, 3.05) is 6.61 Å². The molecule has 0 aliphatic heterocycles. The molecule has 0 fully saturated rings. The first-order valence-corrected chi connectivity index (χ1v) is 7.54. The summed E-state index contributed by atoms with van der Waals surface area (Å²) in [6, 6.07) is 7.25. The van der Waals surface area contributed by atoms with Crippen LogP contribution in [-0.4, -0.2) is 12.5 Å². The molecule has 4 heteroatoms. The monoisotopic (exact) mass is 289 g/mol. The van der Waals surface area contributed by atoms with Crippen LogP contribution >= 0.6 is 11.3 Å². The van der Waals surface area contributed by atoms with Gasteiger partial charge < -0.3 is 10.1 Å². The van der Waals surface area contributed by atoms with Gasteiger partial charge in [-0.2, -0.15) is 0 Å². The predicted molar refractivity (Wildman–Crippen MR) is 82.6 cm³/mol. The van der Waals surface area contributed by atoms with Gasteiger partial charge in [0.15, 0.2) is 0 Å². The molecule has 20 heavy (non-hydrogen) atoms. The summed E-state index contributed by atoms with van der Waals surface area (Å²) in [5, 5.41) is 5.05. The number of aryl methyl sites for hydroxylation is 1. The highest BCUT2D eigenvalue weighted by Crippen LogP contribution is 2.20. The van der Waals surface area contributed by atoms with Gasteiger partial charge >= 0.3 is 0 Å². The molecule has 1 aromatic heterocycles. The lowest BCUT2D eigenvalue weighted by molar-refractivity contribution is 0.0950. The van der Waals surface area contributed by atoms with Gasteiger partial charge in [-0.1, -0.05) is 6.07 Å². The number of amides is 1.